The van der Waals surface area contributed by atoms with Crippen molar-refractivity contribution < 1.29 is 4.74 Å². The molecule has 20 heavy (non-hydrogen) atoms. The molecule has 1 aliphatic rings. The molecule has 0 aliphatic carbocycles. The van der Waals surface area contributed by atoms with E-state index in [4.69, 9.17) is 12.2 Å². The highest BCUT2D eigenvalue weighted by molar-refractivity contribution is 8.24. The highest BCUT2D eigenvalue weighted by Crippen LogP contribution is 2.41. The van der Waals surface area contributed by atoms with Crippen molar-refractivity contribution in [1.82, 2.24) is 4.90 Å². The van der Waals surface area contributed by atoms with Gasteiger partial charge in [-0.3, -0.25) is 4.90 Å². The van der Waals surface area contributed by atoms with Crippen molar-refractivity contribution >= 4 is 34.5 Å². The van der Waals surface area contributed by atoms with E-state index in [0.29, 0.717) is 6.54 Å². The molecule has 0 saturated carbocycles. The number of rotatable bonds is 4. The van der Waals surface area contributed by atoms with Crippen molar-refractivity contribution in [2.75, 3.05) is 6.54 Å². The third-order valence-electron chi connectivity index (χ3n) is 3.14. The maximum absolute atomic E-state index is 12.6. The van der Waals surface area contributed by atoms with Gasteiger partial charge in [-0.1, -0.05) is 48.3 Å². The molecular weight excluding hydrogens is 288 g/mol. The molecule has 1 aliphatic heterocycles. The number of nitrogens with zero attached hydrogens (tertiary/aromatic N) is 2. The molecular formula is C15H18N2OS2. The summed E-state index contributed by atoms with van der Waals surface area (Å²) in [6, 6.07) is 9.59. The van der Waals surface area contributed by atoms with Gasteiger partial charge in [-0.2, -0.15) is 4.74 Å². The monoisotopic (exact) mass is 306 g/mol. The van der Waals surface area contributed by atoms with E-state index in [9.17, 15) is 5.21 Å². The van der Waals surface area contributed by atoms with Crippen LogP contribution in [0.4, 0.5) is 0 Å². The Bertz CT molecular complexity index is 540. The number of hydrogen-bond donors (Lipinski definition) is 0. The van der Waals surface area contributed by atoms with Crippen LogP contribution < -0.4 is 0 Å². The van der Waals surface area contributed by atoms with Gasteiger partial charge < -0.3 is 5.21 Å². The number of thioether (sulfide) groups is 1. The van der Waals surface area contributed by atoms with Gasteiger partial charge in [0.25, 0.3) is 6.17 Å². The molecule has 1 atom stereocenters. The molecule has 0 amide bonds. The Balaban J connectivity index is 2.34. The van der Waals surface area contributed by atoms with Crippen LogP contribution in [0.5, 0.6) is 0 Å². The number of hydrogen-bond acceptors (Lipinski definition) is 3. The lowest BCUT2D eigenvalue weighted by atomic mass is 10.1. The third-order valence-corrected chi connectivity index (χ3v) is 4.78. The van der Waals surface area contributed by atoms with Gasteiger partial charge in [-0.15, -0.1) is 6.58 Å². The Morgan fingerprint density at radius 1 is 1.45 bits per heavy atom. The Kier molecular flexibility index (Phi) is 4.50. The van der Waals surface area contributed by atoms with E-state index < -0.39 is 0 Å². The second kappa shape index (κ2) is 5.97. The standard InChI is InChI=1S/C15H18N2OS2/c1-4-10-16-13(15(2,3)20-14(16)19)17(18)11-12-8-6-5-7-9-12/h4-9,11,13H,1,10H2,2-3H3/b17-11-/t13-/m1/s1. The summed E-state index contributed by atoms with van der Waals surface area (Å²) in [5, 5.41) is 12.6. The molecule has 2 rings (SSSR count). The summed E-state index contributed by atoms with van der Waals surface area (Å²) in [6.45, 7) is 8.41. The van der Waals surface area contributed by atoms with Gasteiger partial charge in [-0.05, 0) is 26.0 Å². The largest absolute Gasteiger partial charge is 0.622 e. The molecule has 0 bridgehead atoms. The molecule has 0 unspecified atom stereocenters. The van der Waals surface area contributed by atoms with Crippen LogP contribution in [0.1, 0.15) is 19.4 Å². The van der Waals surface area contributed by atoms with Crippen molar-refractivity contribution in [2.45, 2.75) is 24.8 Å². The minimum absolute atomic E-state index is 0.257. The van der Waals surface area contributed by atoms with Crippen molar-refractivity contribution in [3.05, 3.63) is 53.8 Å². The predicted octanol–water partition coefficient (Wildman–Crippen LogP) is 3.24. The van der Waals surface area contributed by atoms with E-state index in [1.165, 1.54) is 0 Å². The first kappa shape index (κ1) is 15.1. The fraction of sp³-hybridized carbons (Fsp3) is 0.333. The van der Waals surface area contributed by atoms with Crippen molar-refractivity contribution in [3.8, 4) is 0 Å². The van der Waals surface area contributed by atoms with Crippen molar-refractivity contribution in [2.24, 2.45) is 0 Å². The molecule has 1 heterocycles. The first-order chi connectivity index (χ1) is 9.45. The predicted molar refractivity (Wildman–Crippen MR) is 90.2 cm³/mol. The molecule has 0 aromatic heterocycles. The Morgan fingerprint density at radius 3 is 2.70 bits per heavy atom. The maximum atomic E-state index is 12.6. The Hall–Kier alpha value is -1.33. The summed E-state index contributed by atoms with van der Waals surface area (Å²) >= 11 is 6.94. The minimum Gasteiger partial charge on any atom is -0.622 e. The zero-order valence-corrected chi connectivity index (χ0v) is 13.3. The van der Waals surface area contributed by atoms with Gasteiger partial charge in [0.2, 0.25) is 0 Å². The van der Waals surface area contributed by atoms with Crippen LogP contribution >= 0.6 is 24.0 Å². The van der Waals surface area contributed by atoms with E-state index in [2.05, 4.69) is 6.58 Å². The molecule has 106 valence electrons. The molecule has 0 radical (unpaired) electrons. The van der Waals surface area contributed by atoms with Crippen LogP contribution in [0.3, 0.4) is 0 Å². The summed E-state index contributed by atoms with van der Waals surface area (Å²) in [7, 11) is 0. The van der Waals surface area contributed by atoms with Gasteiger partial charge in [-0.25, -0.2) is 0 Å². The Morgan fingerprint density at radius 2 is 2.10 bits per heavy atom. The van der Waals surface area contributed by atoms with Crippen LogP contribution in [0, 0.1) is 5.21 Å². The summed E-state index contributed by atoms with van der Waals surface area (Å²) in [6.07, 6.45) is 3.08. The lowest BCUT2D eigenvalue weighted by molar-refractivity contribution is -0.523. The average molecular weight is 306 g/mol. The quantitative estimate of drug-likeness (QED) is 0.213. The van der Waals surface area contributed by atoms with Gasteiger partial charge in [0.1, 0.15) is 9.07 Å². The van der Waals surface area contributed by atoms with Gasteiger partial charge in [0, 0.05) is 12.1 Å². The van der Waals surface area contributed by atoms with Gasteiger partial charge >= 0.3 is 0 Å². The normalized spacial score (nSPS) is 22.1. The summed E-state index contributed by atoms with van der Waals surface area (Å²) in [5.74, 6) is 0. The summed E-state index contributed by atoms with van der Waals surface area (Å²) < 4.78 is 1.50. The molecule has 5 heteroatoms. The summed E-state index contributed by atoms with van der Waals surface area (Å²) in [5.41, 5.74) is 0.889. The van der Waals surface area contributed by atoms with Gasteiger partial charge in [0.05, 0.1) is 0 Å². The van der Waals surface area contributed by atoms with Crippen LogP contribution in [0.25, 0.3) is 0 Å². The fourth-order valence-electron chi connectivity index (χ4n) is 2.33. The van der Waals surface area contributed by atoms with E-state index in [0.717, 1.165) is 14.6 Å². The lowest BCUT2D eigenvalue weighted by Crippen LogP contribution is -2.47. The van der Waals surface area contributed by atoms with E-state index in [1.54, 1.807) is 24.1 Å². The lowest BCUT2D eigenvalue weighted by Gasteiger charge is -2.29. The first-order valence-corrected chi connectivity index (χ1v) is 7.64. The topological polar surface area (TPSA) is 29.3 Å². The number of thiocarbonyl (C=S) groups is 1. The molecule has 1 fully saturated rings. The van der Waals surface area contributed by atoms with Crippen LogP contribution in [0.15, 0.2) is 43.0 Å². The van der Waals surface area contributed by atoms with E-state index >= 15 is 0 Å². The molecule has 3 nitrogen and oxygen atoms in total. The molecule has 1 aromatic carbocycles. The van der Waals surface area contributed by atoms with Crippen LogP contribution in [-0.4, -0.2) is 37.6 Å². The SMILES string of the molecule is C=CCN1C(=S)SC(C)(C)[C@H]1/[N+]([O-])=C/c1ccccc1. The zero-order valence-electron chi connectivity index (χ0n) is 11.7. The highest BCUT2D eigenvalue weighted by atomic mass is 32.2. The molecule has 1 aromatic rings. The number of hydroxylamine groups is 1. The van der Waals surface area contributed by atoms with E-state index in [-0.39, 0.29) is 10.9 Å². The van der Waals surface area contributed by atoms with Crippen LogP contribution in [0.2, 0.25) is 0 Å². The van der Waals surface area contributed by atoms with Crippen LogP contribution in [-0.2, 0) is 0 Å². The third kappa shape index (κ3) is 3.04. The van der Waals surface area contributed by atoms with E-state index in [1.807, 2.05) is 49.1 Å². The molecule has 1 saturated heterocycles. The maximum Gasteiger partial charge on any atom is 0.254 e. The first-order valence-electron chi connectivity index (χ1n) is 6.41. The smallest absolute Gasteiger partial charge is 0.254 e. The molecule has 0 N–H and O–H groups in total. The highest BCUT2D eigenvalue weighted by Gasteiger charge is 2.49. The molecule has 0 spiro atoms. The van der Waals surface area contributed by atoms with Gasteiger partial charge in [0.15, 0.2) is 6.21 Å². The van der Waals surface area contributed by atoms with Crippen molar-refractivity contribution in [1.29, 1.82) is 0 Å². The second-order valence-corrected chi connectivity index (χ2v) is 7.47. The second-order valence-electron chi connectivity index (χ2n) is 5.19. The fourth-order valence-corrected chi connectivity index (χ4v) is 4.22. The zero-order chi connectivity index (χ0) is 14.8. The average Bonchev–Trinajstić information content (AvgIpc) is 2.60. The summed E-state index contributed by atoms with van der Waals surface area (Å²) in [4.78, 5) is 1.93. The van der Waals surface area contributed by atoms with Crippen molar-refractivity contribution in [3.63, 3.8) is 0 Å². The number of benzene rings is 1. The Labute approximate surface area is 129 Å². The minimum atomic E-state index is -0.321.